The monoisotopic (exact) mass is 471 g/mol. The molecule has 0 aliphatic carbocycles. The van der Waals surface area contributed by atoms with Gasteiger partial charge in [0.25, 0.3) is 5.91 Å². The van der Waals surface area contributed by atoms with Gasteiger partial charge in [-0.3, -0.25) is 14.7 Å². The highest BCUT2D eigenvalue weighted by atomic mass is 19.4. The van der Waals surface area contributed by atoms with Gasteiger partial charge in [0.1, 0.15) is 11.3 Å². The molecule has 3 aromatic rings. The predicted molar refractivity (Wildman–Crippen MR) is 116 cm³/mol. The molecule has 2 aliphatic rings. The summed E-state index contributed by atoms with van der Waals surface area (Å²) in [5.74, 6) is -0.268. The number of H-pyrrole nitrogens is 1. The number of nitrogens with one attached hydrogen (secondary N) is 1. The molecule has 34 heavy (non-hydrogen) atoms. The van der Waals surface area contributed by atoms with Crippen LogP contribution in [-0.2, 0) is 4.79 Å². The number of halogens is 3. The molecule has 5 rings (SSSR count). The van der Waals surface area contributed by atoms with Crippen LogP contribution in [0, 0.1) is 11.8 Å². The van der Waals surface area contributed by atoms with Crippen molar-refractivity contribution in [3.05, 3.63) is 59.7 Å². The first-order chi connectivity index (χ1) is 16.2. The number of rotatable bonds is 4. The van der Waals surface area contributed by atoms with E-state index in [0.29, 0.717) is 42.8 Å². The van der Waals surface area contributed by atoms with Gasteiger partial charge < -0.3 is 14.5 Å². The lowest BCUT2D eigenvalue weighted by atomic mass is 10.0. The zero-order chi connectivity index (χ0) is 23.9. The van der Waals surface area contributed by atoms with Crippen molar-refractivity contribution in [3.8, 4) is 5.75 Å². The maximum absolute atomic E-state index is 12.9. The zero-order valence-electron chi connectivity index (χ0n) is 17.8. The van der Waals surface area contributed by atoms with Crippen LogP contribution in [0.4, 0.5) is 13.2 Å². The third-order valence-corrected chi connectivity index (χ3v) is 6.17. The predicted octanol–water partition coefficient (Wildman–Crippen LogP) is 3.10. The number of hydrogen-bond acceptors (Lipinski definition) is 5. The Bertz CT molecular complexity index is 1260. The lowest BCUT2D eigenvalue weighted by Gasteiger charge is -2.21. The van der Waals surface area contributed by atoms with E-state index in [1.165, 1.54) is 30.4 Å². The molecule has 1 aromatic heterocycles. The molecule has 2 atom stereocenters. The van der Waals surface area contributed by atoms with Crippen molar-refractivity contribution in [1.82, 2.24) is 25.2 Å². The third kappa shape index (κ3) is 4.59. The highest BCUT2D eigenvalue weighted by Crippen LogP contribution is 2.32. The van der Waals surface area contributed by atoms with E-state index in [4.69, 9.17) is 0 Å². The summed E-state index contributed by atoms with van der Waals surface area (Å²) in [6, 6.07) is 10.7. The first kappa shape index (κ1) is 21.9. The van der Waals surface area contributed by atoms with Crippen LogP contribution in [0.2, 0.25) is 0 Å². The van der Waals surface area contributed by atoms with Gasteiger partial charge >= 0.3 is 6.36 Å². The summed E-state index contributed by atoms with van der Waals surface area (Å²) in [5.41, 5.74) is 2.37. The summed E-state index contributed by atoms with van der Waals surface area (Å²) in [6.45, 7) is 2.17. The number of nitrogens with zero attached hydrogens (tertiary/aromatic N) is 4. The number of carbonyl (C=O) groups excluding carboxylic acids is 2. The van der Waals surface area contributed by atoms with Crippen LogP contribution in [0.3, 0.4) is 0 Å². The summed E-state index contributed by atoms with van der Waals surface area (Å²) in [5, 5.41) is 10.4. The van der Waals surface area contributed by atoms with Crippen molar-refractivity contribution in [2.45, 2.75) is 6.36 Å². The summed E-state index contributed by atoms with van der Waals surface area (Å²) in [4.78, 5) is 29.1. The Kier molecular flexibility index (Phi) is 5.46. The van der Waals surface area contributed by atoms with Gasteiger partial charge in [0, 0.05) is 49.7 Å². The van der Waals surface area contributed by atoms with Crippen LogP contribution < -0.4 is 4.74 Å². The van der Waals surface area contributed by atoms with Crippen molar-refractivity contribution in [2.75, 3.05) is 26.2 Å². The number of benzene rings is 2. The molecule has 11 heteroatoms. The van der Waals surface area contributed by atoms with E-state index in [0.717, 1.165) is 5.52 Å². The SMILES string of the molecule is O=C(C=Cc1cccc(OC(F)(F)F)c1)N1C[C@@H]2CN(C(=O)c3ccc4[nH]nnc4c3)C[C@H]2C1. The zero-order valence-corrected chi connectivity index (χ0v) is 17.8. The van der Waals surface area contributed by atoms with Crippen molar-refractivity contribution < 1.29 is 27.5 Å². The van der Waals surface area contributed by atoms with E-state index in [1.807, 2.05) is 0 Å². The van der Waals surface area contributed by atoms with Gasteiger partial charge in [0.2, 0.25) is 5.91 Å². The third-order valence-electron chi connectivity index (χ3n) is 6.17. The maximum atomic E-state index is 12.9. The fourth-order valence-corrected chi connectivity index (χ4v) is 4.58. The summed E-state index contributed by atoms with van der Waals surface area (Å²) in [6.07, 6.45) is -1.96. The Balaban J connectivity index is 1.17. The van der Waals surface area contributed by atoms with Gasteiger partial charge in [-0.05, 0) is 42.0 Å². The quantitative estimate of drug-likeness (QED) is 0.591. The van der Waals surface area contributed by atoms with Gasteiger partial charge in [-0.2, -0.15) is 0 Å². The molecule has 2 saturated heterocycles. The Morgan fingerprint density at radius 2 is 1.76 bits per heavy atom. The molecular formula is C23H20F3N5O3. The van der Waals surface area contributed by atoms with Gasteiger partial charge in [0.05, 0.1) is 5.52 Å². The van der Waals surface area contributed by atoms with Gasteiger partial charge in [-0.25, -0.2) is 0 Å². The minimum atomic E-state index is -4.77. The highest BCUT2D eigenvalue weighted by molar-refractivity contribution is 5.97. The molecule has 3 heterocycles. The molecule has 0 saturated carbocycles. The first-order valence-corrected chi connectivity index (χ1v) is 10.7. The molecule has 0 radical (unpaired) electrons. The van der Waals surface area contributed by atoms with Crippen molar-refractivity contribution >= 4 is 28.9 Å². The minimum absolute atomic E-state index is 0.0713. The van der Waals surface area contributed by atoms with Crippen molar-refractivity contribution in [1.29, 1.82) is 0 Å². The summed E-state index contributed by atoms with van der Waals surface area (Å²) < 4.78 is 41.1. The number of amides is 2. The molecule has 0 spiro atoms. The molecule has 0 unspecified atom stereocenters. The van der Waals surface area contributed by atoms with Crippen LogP contribution in [0.15, 0.2) is 48.5 Å². The fraction of sp³-hybridized carbons (Fsp3) is 0.304. The molecule has 176 valence electrons. The van der Waals surface area contributed by atoms with E-state index >= 15 is 0 Å². The van der Waals surface area contributed by atoms with E-state index in [2.05, 4.69) is 20.1 Å². The number of fused-ring (bicyclic) bond motifs is 2. The fourth-order valence-electron chi connectivity index (χ4n) is 4.58. The number of ether oxygens (including phenoxy) is 1. The van der Waals surface area contributed by atoms with Gasteiger partial charge in [-0.15, -0.1) is 18.3 Å². The Morgan fingerprint density at radius 3 is 2.50 bits per heavy atom. The largest absolute Gasteiger partial charge is 0.573 e. The topological polar surface area (TPSA) is 91.4 Å². The maximum Gasteiger partial charge on any atom is 0.573 e. The lowest BCUT2D eigenvalue weighted by Crippen LogP contribution is -2.35. The Labute approximate surface area is 192 Å². The molecule has 2 aromatic carbocycles. The second-order valence-corrected chi connectivity index (χ2v) is 8.47. The summed E-state index contributed by atoms with van der Waals surface area (Å²) in [7, 11) is 0. The van der Waals surface area contributed by atoms with Crippen LogP contribution in [0.1, 0.15) is 15.9 Å². The second kappa shape index (κ2) is 8.47. The Hall–Kier alpha value is -3.89. The molecule has 0 bridgehead atoms. The molecule has 2 amide bonds. The van der Waals surface area contributed by atoms with Crippen LogP contribution in [0.5, 0.6) is 5.75 Å². The highest BCUT2D eigenvalue weighted by Gasteiger charge is 2.42. The molecule has 2 aliphatic heterocycles. The van der Waals surface area contributed by atoms with E-state index in [-0.39, 0.29) is 29.4 Å². The summed E-state index contributed by atoms with van der Waals surface area (Å²) >= 11 is 0. The number of alkyl halides is 3. The molecule has 2 fully saturated rings. The number of carbonyl (C=O) groups is 2. The smallest absolute Gasteiger partial charge is 0.406 e. The van der Waals surface area contributed by atoms with Crippen molar-refractivity contribution in [2.24, 2.45) is 11.8 Å². The van der Waals surface area contributed by atoms with Gasteiger partial charge in [0.15, 0.2) is 0 Å². The lowest BCUT2D eigenvalue weighted by molar-refractivity contribution is -0.274. The number of hydrogen-bond donors (Lipinski definition) is 1. The molecular weight excluding hydrogens is 451 g/mol. The van der Waals surface area contributed by atoms with Crippen LogP contribution in [-0.4, -0.2) is 69.6 Å². The standard InChI is InChI=1S/C23H20F3N5O3/c24-23(25,26)34-18-3-1-2-14(8-18)4-7-21(32)30-10-16-12-31(13-17(16)11-30)22(33)15-5-6-19-20(9-15)28-29-27-19/h1-9,16-17H,10-13H2,(H,27,28,29)/t16-,17-/m1/s1. The van der Waals surface area contributed by atoms with Crippen molar-refractivity contribution in [3.63, 3.8) is 0 Å². The van der Waals surface area contributed by atoms with E-state index in [9.17, 15) is 22.8 Å². The first-order valence-electron chi connectivity index (χ1n) is 10.7. The second-order valence-electron chi connectivity index (χ2n) is 8.47. The van der Waals surface area contributed by atoms with Crippen LogP contribution >= 0.6 is 0 Å². The minimum Gasteiger partial charge on any atom is -0.406 e. The van der Waals surface area contributed by atoms with E-state index in [1.54, 1.807) is 34.1 Å². The number of aromatic nitrogens is 3. The number of likely N-dealkylation sites (tertiary alicyclic amines) is 2. The average molecular weight is 471 g/mol. The molecule has 8 nitrogen and oxygen atoms in total. The Morgan fingerprint density at radius 1 is 1.03 bits per heavy atom. The average Bonchev–Trinajstić information content (AvgIpc) is 3.50. The van der Waals surface area contributed by atoms with Crippen LogP contribution in [0.25, 0.3) is 17.1 Å². The normalized spacial score (nSPS) is 20.3. The molecule has 1 N–H and O–H groups in total. The number of aromatic amines is 1. The van der Waals surface area contributed by atoms with Gasteiger partial charge in [-0.1, -0.05) is 17.3 Å². The van der Waals surface area contributed by atoms with E-state index < -0.39 is 6.36 Å².